The summed E-state index contributed by atoms with van der Waals surface area (Å²) in [5.41, 5.74) is -1.01. The number of nitrogens with zero attached hydrogens (tertiary/aromatic N) is 1. The molecule has 2 amide bonds. The summed E-state index contributed by atoms with van der Waals surface area (Å²) in [6.07, 6.45) is 1.77. The normalized spacial score (nSPS) is 13.3. The maximum absolute atomic E-state index is 11.9. The van der Waals surface area contributed by atoms with Crippen LogP contribution in [0.2, 0.25) is 0 Å². The number of carboxylic acid groups (broad SMARTS) is 1. The zero-order valence-electron chi connectivity index (χ0n) is 12.4. The number of likely N-dealkylation sites (N-methyl/N-ethyl adjacent to an activating group) is 1. The molecule has 0 aliphatic heterocycles. The Hall–Kier alpha value is -2.31. The summed E-state index contributed by atoms with van der Waals surface area (Å²) in [6, 6.07) is 3.09. The van der Waals surface area contributed by atoms with Crippen molar-refractivity contribution < 1.29 is 23.9 Å². The summed E-state index contributed by atoms with van der Waals surface area (Å²) >= 11 is 0. The highest BCUT2D eigenvalue weighted by molar-refractivity contribution is 5.94. The molecule has 0 saturated heterocycles. The van der Waals surface area contributed by atoms with Crippen molar-refractivity contribution >= 4 is 17.8 Å². The van der Waals surface area contributed by atoms with E-state index in [0.29, 0.717) is 6.42 Å². The van der Waals surface area contributed by atoms with Crippen LogP contribution in [0.3, 0.4) is 0 Å². The Labute approximate surface area is 122 Å². The molecule has 0 spiro atoms. The van der Waals surface area contributed by atoms with Gasteiger partial charge in [-0.1, -0.05) is 6.92 Å². The highest BCUT2D eigenvalue weighted by Gasteiger charge is 2.31. The highest BCUT2D eigenvalue weighted by Crippen LogP contribution is 2.19. The molecule has 116 valence electrons. The van der Waals surface area contributed by atoms with Gasteiger partial charge in [-0.15, -0.1) is 0 Å². The smallest absolute Gasteiger partial charge is 0.311 e. The van der Waals surface area contributed by atoms with Crippen LogP contribution in [0.4, 0.5) is 0 Å². The Morgan fingerprint density at radius 2 is 2.10 bits per heavy atom. The van der Waals surface area contributed by atoms with Gasteiger partial charge in [0.25, 0.3) is 5.91 Å². The zero-order chi connectivity index (χ0) is 16.0. The molecule has 7 nitrogen and oxygen atoms in total. The number of rotatable bonds is 7. The Morgan fingerprint density at radius 3 is 2.57 bits per heavy atom. The fourth-order valence-electron chi connectivity index (χ4n) is 1.58. The molecule has 2 N–H and O–H groups in total. The molecule has 21 heavy (non-hydrogen) atoms. The van der Waals surface area contributed by atoms with E-state index in [9.17, 15) is 14.4 Å². The van der Waals surface area contributed by atoms with Crippen molar-refractivity contribution in [2.24, 2.45) is 5.41 Å². The lowest BCUT2D eigenvalue weighted by Crippen LogP contribution is -2.44. The molecule has 1 unspecified atom stereocenters. The third-order valence-corrected chi connectivity index (χ3v) is 3.43. The maximum atomic E-state index is 11.9. The average molecular weight is 296 g/mol. The molecule has 0 radical (unpaired) electrons. The molecule has 1 aromatic heterocycles. The van der Waals surface area contributed by atoms with Crippen LogP contribution in [0.15, 0.2) is 22.8 Å². The number of carbonyl (C=O) groups is 3. The average Bonchev–Trinajstić information content (AvgIpc) is 2.97. The van der Waals surface area contributed by atoms with Crippen molar-refractivity contribution in [2.45, 2.75) is 20.3 Å². The van der Waals surface area contributed by atoms with Gasteiger partial charge < -0.3 is 19.7 Å². The van der Waals surface area contributed by atoms with Gasteiger partial charge in [0.15, 0.2) is 5.76 Å². The molecule has 0 aliphatic carbocycles. The molecule has 7 heteroatoms. The van der Waals surface area contributed by atoms with Gasteiger partial charge in [0, 0.05) is 13.6 Å². The quantitative estimate of drug-likeness (QED) is 0.781. The molecule has 0 bridgehead atoms. The Kier molecular flexibility index (Phi) is 5.52. The molecule has 1 heterocycles. The van der Waals surface area contributed by atoms with Crippen molar-refractivity contribution in [3.63, 3.8) is 0 Å². The van der Waals surface area contributed by atoms with Crippen molar-refractivity contribution in [1.82, 2.24) is 10.2 Å². The molecule has 1 aromatic rings. The number of furan rings is 1. The lowest BCUT2D eigenvalue weighted by atomic mass is 9.88. The predicted octanol–water partition coefficient (Wildman–Crippen LogP) is 0.969. The summed E-state index contributed by atoms with van der Waals surface area (Å²) in [4.78, 5) is 36.0. The minimum absolute atomic E-state index is 0.0143. The van der Waals surface area contributed by atoms with E-state index in [0.717, 1.165) is 0 Å². The van der Waals surface area contributed by atoms with Gasteiger partial charge in [0.1, 0.15) is 0 Å². The van der Waals surface area contributed by atoms with Crippen LogP contribution in [0, 0.1) is 5.41 Å². The van der Waals surface area contributed by atoms with Crippen molar-refractivity contribution in [2.75, 3.05) is 20.1 Å². The van der Waals surface area contributed by atoms with E-state index >= 15 is 0 Å². The lowest BCUT2D eigenvalue weighted by molar-refractivity contribution is -0.148. The summed E-state index contributed by atoms with van der Waals surface area (Å²) in [6.45, 7) is 3.15. The molecule has 1 rings (SSSR count). The molecule has 0 aliphatic rings. The van der Waals surface area contributed by atoms with Crippen molar-refractivity contribution in [3.8, 4) is 0 Å². The van der Waals surface area contributed by atoms with Crippen molar-refractivity contribution in [3.05, 3.63) is 24.2 Å². The third kappa shape index (κ3) is 4.34. The van der Waals surface area contributed by atoms with Crippen LogP contribution in [-0.2, 0) is 9.59 Å². The van der Waals surface area contributed by atoms with Crippen LogP contribution in [0.25, 0.3) is 0 Å². The van der Waals surface area contributed by atoms with E-state index < -0.39 is 23.2 Å². The van der Waals surface area contributed by atoms with Crippen LogP contribution >= 0.6 is 0 Å². The number of nitrogens with one attached hydrogen (secondary N) is 1. The summed E-state index contributed by atoms with van der Waals surface area (Å²) < 4.78 is 4.96. The number of carboxylic acids is 1. The van der Waals surface area contributed by atoms with Crippen LogP contribution in [0.5, 0.6) is 0 Å². The van der Waals surface area contributed by atoms with E-state index in [2.05, 4.69) is 5.32 Å². The van der Waals surface area contributed by atoms with Gasteiger partial charge in [0.05, 0.1) is 18.2 Å². The molecule has 0 fully saturated rings. The number of amides is 2. The van der Waals surface area contributed by atoms with Crippen LogP contribution < -0.4 is 5.32 Å². The number of hydrogen-bond acceptors (Lipinski definition) is 4. The van der Waals surface area contributed by atoms with Crippen LogP contribution in [0.1, 0.15) is 30.8 Å². The Bertz CT molecular complexity index is 511. The summed E-state index contributed by atoms with van der Waals surface area (Å²) in [7, 11) is 1.47. The van der Waals surface area contributed by atoms with Gasteiger partial charge in [-0.2, -0.15) is 0 Å². The monoisotopic (exact) mass is 296 g/mol. The number of hydrogen-bond donors (Lipinski definition) is 2. The predicted molar refractivity (Wildman–Crippen MR) is 74.7 cm³/mol. The largest absolute Gasteiger partial charge is 0.481 e. The lowest BCUT2D eigenvalue weighted by Gasteiger charge is -2.24. The maximum Gasteiger partial charge on any atom is 0.311 e. The van der Waals surface area contributed by atoms with Gasteiger partial charge in [-0.25, -0.2) is 0 Å². The standard InChI is InChI=1S/C14H20N2O5/c1-4-14(2,13(19)20)9-15-11(17)8-16(3)12(18)10-6-5-7-21-10/h5-7H,4,8-9H2,1-3H3,(H,15,17)(H,19,20). The number of carbonyl (C=O) groups excluding carboxylic acids is 2. The van der Waals surface area contributed by atoms with E-state index in [1.54, 1.807) is 19.9 Å². The van der Waals surface area contributed by atoms with Gasteiger partial charge >= 0.3 is 5.97 Å². The highest BCUT2D eigenvalue weighted by atomic mass is 16.4. The Balaban J connectivity index is 2.50. The minimum atomic E-state index is -1.01. The summed E-state index contributed by atoms with van der Waals surface area (Å²) in [5.74, 6) is -1.65. The number of aliphatic carboxylic acids is 1. The van der Waals surface area contributed by atoms with Crippen LogP contribution in [-0.4, -0.2) is 47.9 Å². The van der Waals surface area contributed by atoms with E-state index in [1.807, 2.05) is 0 Å². The molecular weight excluding hydrogens is 276 g/mol. The fourth-order valence-corrected chi connectivity index (χ4v) is 1.58. The molecule has 0 aromatic carbocycles. The second kappa shape index (κ2) is 6.92. The molecule has 0 saturated carbocycles. The fraction of sp³-hybridized carbons (Fsp3) is 0.500. The second-order valence-electron chi connectivity index (χ2n) is 5.13. The minimum Gasteiger partial charge on any atom is -0.481 e. The third-order valence-electron chi connectivity index (χ3n) is 3.43. The first kappa shape index (κ1) is 16.7. The topological polar surface area (TPSA) is 99.9 Å². The molecular formula is C14H20N2O5. The Morgan fingerprint density at radius 1 is 1.43 bits per heavy atom. The first-order valence-electron chi connectivity index (χ1n) is 6.59. The van der Waals surface area contributed by atoms with Gasteiger partial charge in [-0.05, 0) is 25.5 Å². The van der Waals surface area contributed by atoms with E-state index in [1.165, 1.54) is 24.3 Å². The van der Waals surface area contributed by atoms with Gasteiger partial charge in [0.2, 0.25) is 5.91 Å². The first-order chi connectivity index (χ1) is 9.80. The SMILES string of the molecule is CCC(C)(CNC(=O)CN(C)C(=O)c1ccco1)C(=O)O. The van der Waals surface area contributed by atoms with Gasteiger partial charge in [-0.3, -0.25) is 14.4 Å². The zero-order valence-corrected chi connectivity index (χ0v) is 12.4. The van der Waals surface area contributed by atoms with E-state index in [4.69, 9.17) is 9.52 Å². The molecule has 1 atom stereocenters. The van der Waals surface area contributed by atoms with Crippen molar-refractivity contribution in [1.29, 1.82) is 0 Å². The first-order valence-corrected chi connectivity index (χ1v) is 6.59. The summed E-state index contributed by atoms with van der Waals surface area (Å²) in [5, 5.41) is 11.7. The van der Waals surface area contributed by atoms with E-state index in [-0.39, 0.29) is 18.8 Å². The second-order valence-corrected chi connectivity index (χ2v) is 5.13.